The maximum Gasteiger partial charge on any atom is 0.262 e. The van der Waals surface area contributed by atoms with Gasteiger partial charge >= 0.3 is 0 Å². The molecule has 1 aromatic heterocycles. The lowest BCUT2D eigenvalue weighted by atomic mass is 10.2. The molecule has 0 unspecified atom stereocenters. The van der Waals surface area contributed by atoms with Crippen molar-refractivity contribution in [3.8, 4) is 17.2 Å². The molecule has 0 saturated heterocycles. The van der Waals surface area contributed by atoms with E-state index in [1.54, 1.807) is 42.5 Å². The van der Waals surface area contributed by atoms with Gasteiger partial charge in [0.2, 0.25) is 0 Å². The van der Waals surface area contributed by atoms with Crippen molar-refractivity contribution in [2.75, 3.05) is 11.9 Å². The lowest BCUT2D eigenvalue weighted by molar-refractivity contribution is -0.118. The largest absolute Gasteiger partial charge is 0.484 e. The summed E-state index contributed by atoms with van der Waals surface area (Å²) < 4.78 is 10.8. The van der Waals surface area contributed by atoms with Gasteiger partial charge in [0.25, 0.3) is 11.8 Å². The average Bonchev–Trinajstić information content (AvgIpc) is 3.13. The van der Waals surface area contributed by atoms with Crippen LogP contribution in [0, 0.1) is 0 Å². The van der Waals surface area contributed by atoms with Gasteiger partial charge < -0.3 is 14.6 Å². The third-order valence-electron chi connectivity index (χ3n) is 3.56. The number of nitrogens with one attached hydrogen (secondary N) is 1. The number of aromatic nitrogens is 2. The van der Waals surface area contributed by atoms with E-state index in [-0.39, 0.29) is 18.4 Å². The molecule has 0 aliphatic rings. The SMILES string of the molecule is CC(C)c1noc(-c2cccc(OCC(=O)Nc3ccccc3Cl)c2)n1. The van der Waals surface area contributed by atoms with Crippen LogP contribution in [-0.2, 0) is 4.79 Å². The van der Waals surface area contributed by atoms with Gasteiger partial charge in [-0.3, -0.25) is 4.79 Å². The molecule has 0 saturated carbocycles. The maximum atomic E-state index is 12.0. The summed E-state index contributed by atoms with van der Waals surface area (Å²) in [6.45, 7) is 3.84. The number of benzene rings is 2. The molecule has 0 radical (unpaired) electrons. The zero-order valence-corrected chi connectivity index (χ0v) is 15.2. The Bertz CT molecular complexity index is 908. The van der Waals surface area contributed by atoms with E-state index in [4.69, 9.17) is 20.9 Å². The fourth-order valence-corrected chi connectivity index (χ4v) is 2.39. The summed E-state index contributed by atoms with van der Waals surface area (Å²) in [5, 5.41) is 7.13. The lowest BCUT2D eigenvalue weighted by Crippen LogP contribution is -2.20. The summed E-state index contributed by atoms with van der Waals surface area (Å²) in [7, 11) is 0. The van der Waals surface area contributed by atoms with E-state index in [9.17, 15) is 4.79 Å². The number of anilines is 1. The number of amides is 1. The number of carbonyl (C=O) groups excluding carboxylic acids is 1. The van der Waals surface area contributed by atoms with Gasteiger partial charge in [-0.25, -0.2) is 0 Å². The highest BCUT2D eigenvalue weighted by Gasteiger charge is 2.12. The molecular formula is C19H18ClN3O3. The van der Waals surface area contributed by atoms with Gasteiger partial charge in [0.05, 0.1) is 10.7 Å². The van der Waals surface area contributed by atoms with E-state index in [1.165, 1.54) is 0 Å². The van der Waals surface area contributed by atoms with Crippen LogP contribution in [0.25, 0.3) is 11.5 Å². The molecule has 2 aromatic carbocycles. The zero-order chi connectivity index (χ0) is 18.5. The number of hydrogen-bond donors (Lipinski definition) is 1. The van der Waals surface area contributed by atoms with Crippen LogP contribution in [-0.4, -0.2) is 22.7 Å². The second-order valence-electron chi connectivity index (χ2n) is 5.96. The summed E-state index contributed by atoms with van der Waals surface area (Å²) in [5.74, 6) is 1.47. The molecule has 1 heterocycles. The Morgan fingerprint density at radius 2 is 2.04 bits per heavy atom. The van der Waals surface area contributed by atoms with Gasteiger partial charge in [-0.05, 0) is 30.3 Å². The highest BCUT2D eigenvalue weighted by atomic mass is 35.5. The van der Waals surface area contributed by atoms with Crippen molar-refractivity contribution in [2.24, 2.45) is 0 Å². The van der Waals surface area contributed by atoms with Crippen LogP contribution in [0.5, 0.6) is 5.75 Å². The quantitative estimate of drug-likeness (QED) is 0.688. The zero-order valence-electron chi connectivity index (χ0n) is 14.4. The minimum atomic E-state index is -0.302. The highest BCUT2D eigenvalue weighted by molar-refractivity contribution is 6.33. The van der Waals surface area contributed by atoms with Crippen LogP contribution >= 0.6 is 11.6 Å². The summed E-state index contributed by atoms with van der Waals surface area (Å²) >= 11 is 6.02. The van der Waals surface area contributed by atoms with Crippen LogP contribution in [0.4, 0.5) is 5.69 Å². The Kier molecular flexibility index (Phi) is 5.53. The Labute approximate surface area is 156 Å². The first-order valence-corrected chi connectivity index (χ1v) is 8.52. The highest BCUT2D eigenvalue weighted by Crippen LogP contribution is 2.24. The number of carbonyl (C=O) groups is 1. The van der Waals surface area contributed by atoms with Crippen LogP contribution in [0.1, 0.15) is 25.6 Å². The normalized spacial score (nSPS) is 10.8. The molecule has 7 heteroatoms. The summed E-state index contributed by atoms with van der Waals surface area (Å²) in [6.07, 6.45) is 0. The van der Waals surface area contributed by atoms with Crippen molar-refractivity contribution in [3.63, 3.8) is 0 Å². The molecule has 3 aromatic rings. The smallest absolute Gasteiger partial charge is 0.262 e. The molecule has 0 aliphatic heterocycles. The first-order valence-electron chi connectivity index (χ1n) is 8.14. The summed E-state index contributed by atoms with van der Waals surface area (Å²) in [5.41, 5.74) is 1.28. The van der Waals surface area contributed by atoms with Crippen molar-refractivity contribution >= 4 is 23.2 Å². The summed E-state index contributed by atoms with van der Waals surface area (Å²) in [4.78, 5) is 16.4. The topological polar surface area (TPSA) is 77.2 Å². The molecule has 3 rings (SSSR count). The summed E-state index contributed by atoms with van der Waals surface area (Å²) in [6, 6.07) is 14.2. The van der Waals surface area contributed by atoms with Crippen molar-refractivity contribution in [1.82, 2.24) is 10.1 Å². The third-order valence-corrected chi connectivity index (χ3v) is 3.89. The molecular weight excluding hydrogens is 354 g/mol. The molecule has 6 nitrogen and oxygen atoms in total. The lowest BCUT2D eigenvalue weighted by Gasteiger charge is -2.09. The van der Waals surface area contributed by atoms with Crippen molar-refractivity contribution in [2.45, 2.75) is 19.8 Å². The molecule has 0 bridgehead atoms. The Balaban J connectivity index is 1.63. The van der Waals surface area contributed by atoms with E-state index in [1.807, 2.05) is 19.9 Å². The van der Waals surface area contributed by atoms with Crippen molar-refractivity contribution < 1.29 is 14.1 Å². The van der Waals surface area contributed by atoms with Gasteiger partial charge in [0.15, 0.2) is 12.4 Å². The molecule has 1 amide bonds. The minimum absolute atomic E-state index is 0.143. The van der Waals surface area contributed by atoms with E-state index < -0.39 is 0 Å². The van der Waals surface area contributed by atoms with Crippen LogP contribution < -0.4 is 10.1 Å². The molecule has 1 N–H and O–H groups in total. The van der Waals surface area contributed by atoms with Crippen LogP contribution in [0.15, 0.2) is 53.1 Å². The number of ether oxygens (including phenoxy) is 1. The standard InChI is InChI=1S/C19H18ClN3O3/c1-12(2)18-22-19(26-23-18)13-6-5-7-14(10-13)25-11-17(24)21-16-9-4-3-8-15(16)20/h3-10,12H,11H2,1-2H3,(H,21,24). The fourth-order valence-electron chi connectivity index (χ4n) is 2.20. The first-order chi connectivity index (χ1) is 12.5. The van der Waals surface area contributed by atoms with Crippen LogP contribution in [0.2, 0.25) is 5.02 Å². The van der Waals surface area contributed by atoms with E-state index >= 15 is 0 Å². The molecule has 26 heavy (non-hydrogen) atoms. The number of nitrogens with zero attached hydrogens (tertiary/aromatic N) is 2. The van der Waals surface area contributed by atoms with Gasteiger partial charge in [0, 0.05) is 11.5 Å². The molecule has 0 aliphatic carbocycles. The average molecular weight is 372 g/mol. The predicted octanol–water partition coefficient (Wildman–Crippen LogP) is 4.53. The Morgan fingerprint density at radius 3 is 2.77 bits per heavy atom. The van der Waals surface area contributed by atoms with E-state index in [0.717, 1.165) is 5.56 Å². The predicted molar refractivity (Wildman–Crippen MR) is 99.4 cm³/mol. The van der Waals surface area contributed by atoms with Gasteiger partial charge in [-0.15, -0.1) is 0 Å². The van der Waals surface area contributed by atoms with Gasteiger partial charge in [-0.1, -0.05) is 48.8 Å². The third kappa shape index (κ3) is 4.40. The van der Waals surface area contributed by atoms with Crippen molar-refractivity contribution in [3.05, 3.63) is 59.4 Å². The Morgan fingerprint density at radius 1 is 1.23 bits per heavy atom. The molecule has 0 spiro atoms. The number of para-hydroxylation sites is 1. The van der Waals surface area contributed by atoms with E-state index in [2.05, 4.69) is 15.5 Å². The van der Waals surface area contributed by atoms with Crippen LogP contribution in [0.3, 0.4) is 0 Å². The maximum absolute atomic E-state index is 12.0. The van der Waals surface area contributed by atoms with E-state index in [0.29, 0.717) is 28.2 Å². The van der Waals surface area contributed by atoms with Gasteiger partial charge in [-0.2, -0.15) is 4.98 Å². The minimum Gasteiger partial charge on any atom is -0.484 e. The first kappa shape index (κ1) is 17.9. The molecule has 0 fully saturated rings. The van der Waals surface area contributed by atoms with Crippen molar-refractivity contribution in [1.29, 1.82) is 0 Å². The number of halogens is 1. The monoisotopic (exact) mass is 371 g/mol. The Hall–Kier alpha value is -2.86. The number of rotatable bonds is 6. The number of hydrogen-bond acceptors (Lipinski definition) is 5. The van der Waals surface area contributed by atoms with Gasteiger partial charge in [0.1, 0.15) is 5.75 Å². The second-order valence-corrected chi connectivity index (χ2v) is 6.36. The molecule has 134 valence electrons. The fraction of sp³-hybridized carbons (Fsp3) is 0.211. The molecule has 0 atom stereocenters. The second kappa shape index (κ2) is 8.01.